The number of carbonyl (C=O) groups excluding carboxylic acids is 2. The lowest BCUT2D eigenvalue weighted by Crippen LogP contribution is -2.42. The molecule has 0 heterocycles. The summed E-state index contributed by atoms with van der Waals surface area (Å²) in [6, 6.07) is -2.73. The minimum absolute atomic E-state index is 0.00575. The van der Waals surface area contributed by atoms with Gasteiger partial charge in [0.25, 0.3) is 0 Å². The number of carboxylic acid groups (broad SMARTS) is 4. The zero-order valence-corrected chi connectivity index (χ0v) is 14.3. The van der Waals surface area contributed by atoms with Gasteiger partial charge in [-0.05, 0) is 19.3 Å². The van der Waals surface area contributed by atoms with Crippen molar-refractivity contribution in [2.24, 2.45) is 0 Å². The third-order valence-electron chi connectivity index (χ3n) is 3.37. The molecule has 152 valence electrons. The number of rotatable bonds is 14. The summed E-state index contributed by atoms with van der Waals surface area (Å²) >= 11 is 0. The second-order valence-electron chi connectivity index (χ2n) is 5.64. The molecule has 0 aliphatic carbocycles. The fraction of sp³-hybridized carbons (Fsp3) is 0.600. The SMILES string of the molecule is O=C(O)CC[C@H](NC(=O)CCCC(=O)N[C@@H](CCC(=O)O)C(=O)O)C(=O)O. The molecule has 0 aliphatic rings. The van der Waals surface area contributed by atoms with Crippen molar-refractivity contribution in [1.29, 1.82) is 0 Å². The molecule has 0 fully saturated rings. The molecule has 0 radical (unpaired) electrons. The third-order valence-corrected chi connectivity index (χ3v) is 3.37. The first-order valence-electron chi connectivity index (χ1n) is 8.00. The Morgan fingerprint density at radius 2 is 0.926 bits per heavy atom. The Labute approximate surface area is 153 Å². The molecular weight excluding hydrogens is 368 g/mol. The van der Waals surface area contributed by atoms with Crippen LogP contribution >= 0.6 is 0 Å². The van der Waals surface area contributed by atoms with Gasteiger partial charge in [-0.1, -0.05) is 0 Å². The number of nitrogens with one attached hydrogen (secondary N) is 2. The van der Waals surface area contributed by atoms with Gasteiger partial charge in [-0.3, -0.25) is 19.2 Å². The van der Waals surface area contributed by atoms with E-state index in [0.717, 1.165) is 0 Å². The summed E-state index contributed by atoms with van der Waals surface area (Å²) in [5.74, 6) is -6.57. The maximum absolute atomic E-state index is 11.7. The van der Waals surface area contributed by atoms with Gasteiger partial charge in [0.15, 0.2) is 0 Å². The summed E-state index contributed by atoms with van der Waals surface area (Å²) in [7, 11) is 0. The Bertz CT molecular complexity index is 539. The van der Waals surface area contributed by atoms with Crippen LogP contribution in [0.1, 0.15) is 44.9 Å². The van der Waals surface area contributed by atoms with Gasteiger partial charge in [-0.2, -0.15) is 0 Å². The first-order chi connectivity index (χ1) is 12.5. The average molecular weight is 390 g/mol. The van der Waals surface area contributed by atoms with Crippen LogP contribution < -0.4 is 10.6 Å². The quantitative estimate of drug-likeness (QED) is 0.214. The summed E-state index contributed by atoms with van der Waals surface area (Å²) in [6.45, 7) is 0. The lowest BCUT2D eigenvalue weighted by Gasteiger charge is -2.14. The molecule has 0 rings (SSSR count). The topological polar surface area (TPSA) is 207 Å². The first kappa shape index (κ1) is 23.8. The van der Waals surface area contributed by atoms with E-state index in [1.165, 1.54) is 0 Å². The second kappa shape index (κ2) is 12.2. The van der Waals surface area contributed by atoms with Crippen LogP contribution in [0.15, 0.2) is 0 Å². The van der Waals surface area contributed by atoms with Crippen LogP contribution in [-0.4, -0.2) is 68.2 Å². The predicted octanol–water partition coefficient (Wildman–Crippen LogP) is -0.975. The molecule has 2 atom stereocenters. The molecule has 0 unspecified atom stereocenters. The lowest BCUT2D eigenvalue weighted by atomic mass is 10.1. The van der Waals surface area contributed by atoms with Crippen LogP contribution in [-0.2, 0) is 28.8 Å². The number of amides is 2. The van der Waals surface area contributed by atoms with Gasteiger partial charge in [-0.15, -0.1) is 0 Å². The molecule has 0 saturated carbocycles. The summed E-state index contributed by atoms with van der Waals surface area (Å²) in [6.07, 6.45) is -1.91. The molecule has 12 heteroatoms. The van der Waals surface area contributed by atoms with E-state index in [1.807, 2.05) is 0 Å². The van der Waals surface area contributed by atoms with E-state index >= 15 is 0 Å². The number of carbonyl (C=O) groups is 6. The Hall–Kier alpha value is -3.18. The Kier molecular flexibility index (Phi) is 10.8. The predicted molar refractivity (Wildman–Crippen MR) is 86.7 cm³/mol. The molecule has 0 aromatic heterocycles. The molecule has 0 spiro atoms. The van der Waals surface area contributed by atoms with Crippen molar-refractivity contribution < 1.29 is 49.2 Å². The van der Waals surface area contributed by atoms with Crippen molar-refractivity contribution in [2.75, 3.05) is 0 Å². The molecule has 0 bridgehead atoms. The summed E-state index contributed by atoms with van der Waals surface area (Å²) in [5, 5.41) is 39.2. The molecule has 2 amide bonds. The first-order valence-corrected chi connectivity index (χ1v) is 8.00. The minimum atomic E-state index is -1.38. The Morgan fingerprint density at radius 1 is 0.593 bits per heavy atom. The molecular formula is C15H22N2O10. The van der Waals surface area contributed by atoms with E-state index in [9.17, 15) is 28.8 Å². The summed E-state index contributed by atoms with van der Waals surface area (Å²) in [5.41, 5.74) is 0. The molecule has 27 heavy (non-hydrogen) atoms. The van der Waals surface area contributed by atoms with E-state index < -0.39 is 60.6 Å². The van der Waals surface area contributed by atoms with Gasteiger partial charge < -0.3 is 31.1 Å². The van der Waals surface area contributed by atoms with Gasteiger partial charge in [0.1, 0.15) is 12.1 Å². The van der Waals surface area contributed by atoms with Crippen molar-refractivity contribution in [2.45, 2.75) is 57.0 Å². The maximum Gasteiger partial charge on any atom is 0.326 e. The third kappa shape index (κ3) is 11.9. The van der Waals surface area contributed by atoms with Crippen molar-refractivity contribution in [3.63, 3.8) is 0 Å². The molecule has 0 saturated heterocycles. The monoisotopic (exact) mass is 390 g/mol. The second-order valence-corrected chi connectivity index (χ2v) is 5.64. The normalized spacial score (nSPS) is 12.4. The van der Waals surface area contributed by atoms with Gasteiger partial charge in [0.05, 0.1) is 0 Å². The van der Waals surface area contributed by atoms with Crippen molar-refractivity contribution in [3.8, 4) is 0 Å². The van der Waals surface area contributed by atoms with Gasteiger partial charge >= 0.3 is 23.9 Å². The van der Waals surface area contributed by atoms with Crippen LogP contribution in [0, 0.1) is 0 Å². The highest BCUT2D eigenvalue weighted by Gasteiger charge is 2.22. The van der Waals surface area contributed by atoms with Gasteiger partial charge in [0.2, 0.25) is 11.8 Å². The van der Waals surface area contributed by atoms with Crippen LogP contribution in [0.3, 0.4) is 0 Å². The number of carboxylic acids is 4. The van der Waals surface area contributed by atoms with Crippen LogP contribution in [0.2, 0.25) is 0 Å². The van der Waals surface area contributed by atoms with Crippen LogP contribution in [0.4, 0.5) is 0 Å². The van der Waals surface area contributed by atoms with E-state index in [-0.39, 0.29) is 32.1 Å². The molecule has 6 N–H and O–H groups in total. The highest BCUT2D eigenvalue weighted by molar-refractivity contribution is 5.85. The van der Waals surface area contributed by atoms with Crippen molar-refractivity contribution in [3.05, 3.63) is 0 Å². The maximum atomic E-state index is 11.7. The standard InChI is InChI=1S/C15H22N2O10/c18-10(16-8(14(24)25)4-6-12(20)21)2-1-3-11(19)17-9(15(26)27)5-7-13(22)23/h8-9H,1-7H2,(H,16,18)(H,17,19)(H,20,21)(H,22,23)(H,24,25)(H,26,27)/t8-,9-/m0/s1. The smallest absolute Gasteiger partial charge is 0.326 e. The van der Waals surface area contributed by atoms with Crippen molar-refractivity contribution in [1.82, 2.24) is 10.6 Å². The van der Waals surface area contributed by atoms with E-state index in [4.69, 9.17) is 20.4 Å². The minimum Gasteiger partial charge on any atom is -0.481 e. The highest BCUT2D eigenvalue weighted by Crippen LogP contribution is 2.03. The zero-order valence-electron chi connectivity index (χ0n) is 14.3. The van der Waals surface area contributed by atoms with Gasteiger partial charge in [-0.25, -0.2) is 9.59 Å². The highest BCUT2D eigenvalue weighted by atomic mass is 16.4. The fourth-order valence-corrected chi connectivity index (χ4v) is 1.99. The molecule has 0 aliphatic heterocycles. The Morgan fingerprint density at radius 3 is 1.19 bits per heavy atom. The molecule has 0 aromatic carbocycles. The zero-order chi connectivity index (χ0) is 21.0. The van der Waals surface area contributed by atoms with Crippen LogP contribution in [0.5, 0.6) is 0 Å². The van der Waals surface area contributed by atoms with Gasteiger partial charge in [0, 0.05) is 25.7 Å². The largest absolute Gasteiger partial charge is 0.481 e. The average Bonchev–Trinajstić information content (AvgIpc) is 2.54. The molecule has 12 nitrogen and oxygen atoms in total. The Balaban J connectivity index is 4.31. The fourth-order valence-electron chi connectivity index (χ4n) is 1.99. The number of hydrogen-bond acceptors (Lipinski definition) is 6. The lowest BCUT2D eigenvalue weighted by molar-refractivity contribution is -0.143. The van der Waals surface area contributed by atoms with Crippen LogP contribution in [0.25, 0.3) is 0 Å². The number of hydrogen-bond donors (Lipinski definition) is 6. The summed E-state index contributed by atoms with van der Waals surface area (Å²) < 4.78 is 0. The van der Waals surface area contributed by atoms with E-state index in [0.29, 0.717) is 0 Å². The number of aliphatic carboxylic acids is 4. The van der Waals surface area contributed by atoms with E-state index in [2.05, 4.69) is 10.6 Å². The van der Waals surface area contributed by atoms with Crippen molar-refractivity contribution >= 4 is 35.7 Å². The van der Waals surface area contributed by atoms with E-state index in [1.54, 1.807) is 0 Å². The summed E-state index contributed by atoms with van der Waals surface area (Å²) in [4.78, 5) is 66.2. The molecule has 0 aromatic rings.